The summed E-state index contributed by atoms with van der Waals surface area (Å²) < 4.78 is 0. The largest absolute Gasteiger partial charge is 0.355 e. The van der Waals surface area contributed by atoms with Gasteiger partial charge in [0, 0.05) is 13.1 Å². The van der Waals surface area contributed by atoms with Crippen LogP contribution >= 0.6 is 11.3 Å². The number of anilines is 1. The first kappa shape index (κ1) is 8.93. The minimum absolute atomic E-state index is 0.577. The molecule has 1 aliphatic carbocycles. The van der Waals surface area contributed by atoms with E-state index >= 15 is 0 Å². The maximum atomic E-state index is 4.47. The lowest BCUT2D eigenvalue weighted by atomic mass is 10.1. The van der Waals surface area contributed by atoms with Crippen molar-refractivity contribution in [3.63, 3.8) is 0 Å². The van der Waals surface area contributed by atoms with Crippen LogP contribution in [0.3, 0.4) is 0 Å². The Labute approximate surface area is 98.1 Å². The number of nitrogens with zero attached hydrogens (tertiary/aromatic N) is 3. The molecule has 2 aliphatic rings. The molecular formula is C12H13N3S. The van der Waals surface area contributed by atoms with Gasteiger partial charge in [-0.25, -0.2) is 9.97 Å². The standard InChI is InChI=1S/C12H13N3S/c1-12-4-8(12)5-15(6-12)10-9-2-3-16-11(9)14-7-13-10/h2-3,7-8H,4-6H2,1H3. The number of fused-ring (bicyclic) bond motifs is 2. The van der Waals surface area contributed by atoms with Gasteiger partial charge in [-0.3, -0.25) is 0 Å². The van der Waals surface area contributed by atoms with Gasteiger partial charge < -0.3 is 4.90 Å². The van der Waals surface area contributed by atoms with Crippen molar-refractivity contribution in [3.8, 4) is 0 Å². The van der Waals surface area contributed by atoms with E-state index in [1.807, 2.05) is 0 Å². The summed E-state index contributed by atoms with van der Waals surface area (Å²) >= 11 is 1.69. The van der Waals surface area contributed by atoms with Crippen molar-refractivity contribution in [3.05, 3.63) is 17.8 Å². The van der Waals surface area contributed by atoms with Gasteiger partial charge in [0.1, 0.15) is 17.0 Å². The minimum Gasteiger partial charge on any atom is -0.355 e. The fourth-order valence-corrected chi connectivity index (χ4v) is 3.67. The van der Waals surface area contributed by atoms with Crippen LogP contribution in [0.5, 0.6) is 0 Å². The number of hydrogen-bond acceptors (Lipinski definition) is 4. The monoisotopic (exact) mass is 231 g/mol. The van der Waals surface area contributed by atoms with Gasteiger partial charge in [-0.15, -0.1) is 11.3 Å². The van der Waals surface area contributed by atoms with Crippen molar-refractivity contribution in [2.45, 2.75) is 13.3 Å². The summed E-state index contributed by atoms with van der Waals surface area (Å²) in [5.41, 5.74) is 0.577. The maximum absolute atomic E-state index is 4.47. The molecule has 0 radical (unpaired) electrons. The van der Waals surface area contributed by atoms with E-state index in [0.29, 0.717) is 5.41 Å². The predicted molar refractivity (Wildman–Crippen MR) is 65.8 cm³/mol. The third-order valence-corrected chi connectivity index (χ3v) is 4.89. The second-order valence-corrected chi connectivity index (χ2v) is 6.17. The van der Waals surface area contributed by atoms with Crippen molar-refractivity contribution in [2.24, 2.45) is 11.3 Å². The molecule has 2 aromatic heterocycles. The summed E-state index contributed by atoms with van der Waals surface area (Å²) in [7, 11) is 0. The van der Waals surface area contributed by atoms with Crippen LogP contribution in [0, 0.1) is 11.3 Å². The molecule has 2 aromatic rings. The van der Waals surface area contributed by atoms with Crippen molar-refractivity contribution < 1.29 is 0 Å². The number of rotatable bonds is 1. The lowest BCUT2D eigenvalue weighted by Crippen LogP contribution is -2.24. The molecule has 0 N–H and O–H groups in total. The van der Waals surface area contributed by atoms with Crippen LogP contribution in [0.15, 0.2) is 17.8 Å². The SMILES string of the molecule is CC12CC1CN(c1ncnc3sccc13)C2. The highest BCUT2D eigenvalue weighted by atomic mass is 32.1. The van der Waals surface area contributed by atoms with Crippen LogP contribution in [-0.4, -0.2) is 23.1 Å². The molecule has 1 saturated carbocycles. The molecule has 1 aliphatic heterocycles. The Hall–Kier alpha value is -1.16. The van der Waals surface area contributed by atoms with E-state index in [2.05, 4.69) is 33.2 Å². The van der Waals surface area contributed by atoms with Crippen molar-refractivity contribution in [1.82, 2.24) is 9.97 Å². The first-order chi connectivity index (χ1) is 7.76. The first-order valence-corrected chi connectivity index (χ1v) is 6.57. The summed E-state index contributed by atoms with van der Waals surface area (Å²) in [6.45, 7) is 4.74. The molecule has 0 aromatic carbocycles. The van der Waals surface area contributed by atoms with Gasteiger partial charge in [0.15, 0.2) is 0 Å². The average molecular weight is 231 g/mol. The van der Waals surface area contributed by atoms with Gasteiger partial charge >= 0.3 is 0 Å². The molecule has 0 spiro atoms. The van der Waals surface area contributed by atoms with Crippen molar-refractivity contribution >= 4 is 27.4 Å². The van der Waals surface area contributed by atoms with E-state index in [-0.39, 0.29) is 0 Å². The van der Waals surface area contributed by atoms with Gasteiger partial charge in [-0.2, -0.15) is 0 Å². The molecule has 82 valence electrons. The van der Waals surface area contributed by atoms with Gasteiger partial charge in [0.05, 0.1) is 5.39 Å². The Morgan fingerprint density at radius 1 is 1.50 bits per heavy atom. The van der Waals surface area contributed by atoms with E-state index in [0.717, 1.165) is 16.6 Å². The lowest BCUT2D eigenvalue weighted by Gasteiger charge is -2.20. The van der Waals surface area contributed by atoms with Crippen LogP contribution < -0.4 is 4.90 Å². The summed E-state index contributed by atoms with van der Waals surface area (Å²) in [5.74, 6) is 2.04. The van der Waals surface area contributed by atoms with E-state index in [1.54, 1.807) is 17.7 Å². The van der Waals surface area contributed by atoms with Crippen LogP contribution in [0.25, 0.3) is 10.2 Å². The van der Waals surface area contributed by atoms with Crippen LogP contribution in [0.4, 0.5) is 5.82 Å². The highest BCUT2D eigenvalue weighted by Gasteiger charge is 2.56. The van der Waals surface area contributed by atoms with E-state index in [4.69, 9.17) is 0 Å². The zero-order valence-corrected chi connectivity index (χ0v) is 10.00. The van der Waals surface area contributed by atoms with Gasteiger partial charge in [0.25, 0.3) is 0 Å². The third kappa shape index (κ3) is 1.08. The highest BCUT2D eigenvalue weighted by molar-refractivity contribution is 7.16. The quantitative estimate of drug-likeness (QED) is 0.755. The van der Waals surface area contributed by atoms with Crippen LogP contribution in [0.2, 0.25) is 0 Å². The van der Waals surface area contributed by atoms with Crippen LogP contribution in [0.1, 0.15) is 13.3 Å². The zero-order chi connectivity index (χ0) is 10.8. The topological polar surface area (TPSA) is 29.0 Å². The minimum atomic E-state index is 0.577. The van der Waals surface area contributed by atoms with Gasteiger partial charge in [-0.1, -0.05) is 6.92 Å². The predicted octanol–water partition coefficient (Wildman–Crippen LogP) is 2.54. The second-order valence-electron chi connectivity index (χ2n) is 5.27. The summed E-state index contributed by atoms with van der Waals surface area (Å²) in [4.78, 5) is 12.3. The normalized spacial score (nSPS) is 32.1. The summed E-state index contributed by atoms with van der Waals surface area (Å²) in [6, 6.07) is 2.14. The zero-order valence-electron chi connectivity index (χ0n) is 9.18. The van der Waals surface area contributed by atoms with Gasteiger partial charge in [0.2, 0.25) is 0 Å². The fourth-order valence-electron chi connectivity index (χ4n) is 2.94. The van der Waals surface area contributed by atoms with Crippen molar-refractivity contribution in [1.29, 1.82) is 0 Å². The smallest absolute Gasteiger partial charge is 0.140 e. The number of hydrogen-bond donors (Lipinski definition) is 0. The molecule has 4 rings (SSSR count). The molecule has 0 bridgehead atoms. The van der Waals surface area contributed by atoms with E-state index < -0.39 is 0 Å². The highest BCUT2D eigenvalue weighted by Crippen LogP contribution is 2.58. The molecule has 3 heterocycles. The Morgan fingerprint density at radius 2 is 2.44 bits per heavy atom. The third-order valence-electron chi connectivity index (χ3n) is 4.07. The maximum Gasteiger partial charge on any atom is 0.140 e. The molecule has 16 heavy (non-hydrogen) atoms. The molecule has 0 amide bonds. The van der Waals surface area contributed by atoms with Crippen molar-refractivity contribution in [2.75, 3.05) is 18.0 Å². The molecule has 4 heteroatoms. The molecular weight excluding hydrogens is 218 g/mol. The second kappa shape index (κ2) is 2.74. The van der Waals surface area contributed by atoms with Gasteiger partial charge in [-0.05, 0) is 29.2 Å². The lowest BCUT2D eigenvalue weighted by molar-refractivity contribution is 0.596. The average Bonchev–Trinajstić information content (AvgIpc) is 2.71. The Kier molecular flexibility index (Phi) is 1.53. The van der Waals surface area contributed by atoms with E-state index in [9.17, 15) is 0 Å². The number of thiophene rings is 1. The molecule has 2 unspecified atom stereocenters. The molecule has 2 atom stereocenters. The molecule has 1 saturated heterocycles. The Balaban J connectivity index is 1.79. The molecule has 2 fully saturated rings. The first-order valence-electron chi connectivity index (χ1n) is 5.69. The Bertz CT molecular complexity index is 564. The molecule has 3 nitrogen and oxygen atoms in total. The summed E-state index contributed by atoms with van der Waals surface area (Å²) in [6.07, 6.45) is 3.10. The van der Waals surface area contributed by atoms with E-state index in [1.165, 1.54) is 24.9 Å². The Morgan fingerprint density at radius 3 is 3.25 bits per heavy atom. The number of aromatic nitrogens is 2. The fraction of sp³-hybridized carbons (Fsp3) is 0.500. The van der Waals surface area contributed by atoms with Crippen LogP contribution in [-0.2, 0) is 0 Å². The number of piperidine rings is 1. The summed E-state index contributed by atoms with van der Waals surface area (Å²) in [5, 5.41) is 3.32.